The molecule has 24 heavy (non-hydrogen) atoms. The van der Waals surface area contributed by atoms with Crippen LogP contribution in [0.25, 0.3) is 0 Å². The van der Waals surface area contributed by atoms with Gasteiger partial charge in [-0.05, 0) is 37.1 Å². The van der Waals surface area contributed by atoms with Gasteiger partial charge in [0, 0.05) is 4.90 Å². The van der Waals surface area contributed by atoms with Gasteiger partial charge in [0.2, 0.25) is 5.91 Å². The number of ether oxygens (including phenoxy) is 1. The zero-order valence-corrected chi connectivity index (χ0v) is 14.5. The molecule has 0 saturated heterocycles. The summed E-state index contributed by atoms with van der Waals surface area (Å²) in [5.41, 5.74) is 6.66. The van der Waals surface area contributed by atoms with Crippen LogP contribution >= 0.6 is 11.8 Å². The van der Waals surface area contributed by atoms with Crippen LogP contribution in [0.1, 0.15) is 11.1 Å². The maximum atomic E-state index is 11.8. The Kier molecular flexibility index (Phi) is 6.69. The number of hydrazine groups is 1. The van der Waals surface area contributed by atoms with Crippen LogP contribution in [0.3, 0.4) is 0 Å². The van der Waals surface area contributed by atoms with Crippen LogP contribution in [0.2, 0.25) is 0 Å². The lowest BCUT2D eigenvalue weighted by atomic mass is 10.1. The smallest absolute Gasteiger partial charge is 0.276 e. The zero-order chi connectivity index (χ0) is 17.4. The molecule has 0 aliphatic heterocycles. The summed E-state index contributed by atoms with van der Waals surface area (Å²) in [4.78, 5) is 24.5. The van der Waals surface area contributed by atoms with E-state index in [1.807, 2.05) is 62.4 Å². The molecule has 0 bridgehead atoms. The van der Waals surface area contributed by atoms with Crippen molar-refractivity contribution in [3.8, 4) is 5.75 Å². The van der Waals surface area contributed by atoms with Gasteiger partial charge in [-0.25, -0.2) is 0 Å². The summed E-state index contributed by atoms with van der Waals surface area (Å²) in [6.07, 6.45) is 0. The number of hydrogen-bond acceptors (Lipinski definition) is 4. The first-order valence-corrected chi connectivity index (χ1v) is 8.49. The maximum absolute atomic E-state index is 11.8. The van der Waals surface area contributed by atoms with E-state index in [1.165, 1.54) is 11.8 Å². The van der Waals surface area contributed by atoms with Crippen molar-refractivity contribution in [2.24, 2.45) is 0 Å². The van der Waals surface area contributed by atoms with Crippen LogP contribution in [0.5, 0.6) is 5.75 Å². The second kappa shape index (κ2) is 8.98. The van der Waals surface area contributed by atoms with Gasteiger partial charge in [0.25, 0.3) is 5.91 Å². The predicted octanol–water partition coefficient (Wildman–Crippen LogP) is 2.62. The molecule has 2 aromatic rings. The van der Waals surface area contributed by atoms with Crippen LogP contribution < -0.4 is 15.6 Å². The minimum atomic E-state index is -0.407. The molecule has 0 saturated carbocycles. The molecule has 5 nitrogen and oxygen atoms in total. The van der Waals surface area contributed by atoms with Crippen LogP contribution in [0.4, 0.5) is 0 Å². The van der Waals surface area contributed by atoms with Crippen LogP contribution in [-0.2, 0) is 9.59 Å². The van der Waals surface area contributed by atoms with Gasteiger partial charge in [-0.3, -0.25) is 20.4 Å². The minimum Gasteiger partial charge on any atom is -0.483 e. The van der Waals surface area contributed by atoms with Crippen molar-refractivity contribution in [3.05, 3.63) is 59.7 Å². The first-order chi connectivity index (χ1) is 11.6. The summed E-state index contributed by atoms with van der Waals surface area (Å²) in [6, 6.07) is 15.4. The first-order valence-electron chi connectivity index (χ1n) is 7.51. The summed E-state index contributed by atoms with van der Waals surface area (Å²) >= 11 is 1.40. The second-order valence-corrected chi connectivity index (χ2v) is 6.26. The predicted molar refractivity (Wildman–Crippen MR) is 94.9 cm³/mol. The molecular formula is C18H20N2O3S. The number of carbonyl (C=O) groups is 2. The highest BCUT2D eigenvalue weighted by molar-refractivity contribution is 8.00. The van der Waals surface area contributed by atoms with Gasteiger partial charge in [-0.2, -0.15) is 0 Å². The number of amides is 2. The third-order valence-corrected chi connectivity index (χ3v) is 4.22. The van der Waals surface area contributed by atoms with Gasteiger partial charge in [0.15, 0.2) is 6.61 Å². The van der Waals surface area contributed by atoms with Crippen molar-refractivity contribution in [3.63, 3.8) is 0 Å². The molecule has 126 valence electrons. The van der Waals surface area contributed by atoms with Crippen LogP contribution in [0.15, 0.2) is 53.4 Å². The molecule has 2 amide bonds. The summed E-state index contributed by atoms with van der Waals surface area (Å²) < 4.78 is 5.52. The fourth-order valence-corrected chi connectivity index (χ4v) is 2.76. The Hall–Kier alpha value is -2.47. The van der Waals surface area contributed by atoms with E-state index in [0.29, 0.717) is 5.75 Å². The molecule has 0 heterocycles. The van der Waals surface area contributed by atoms with Crippen molar-refractivity contribution in [2.75, 3.05) is 12.4 Å². The van der Waals surface area contributed by atoms with Gasteiger partial charge in [0.05, 0.1) is 5.75 Å². The van der Waals surface area contributed by atoms with Gasteiger partial charge in [-0.15, -0.1) is 11.8 Å². The summed E-state index contributed by atoms with van der Waals surface area (Å²) in [5.74, 6) is 0.237. The molecule has 0 radical (unpaired) electrons. The summed E-state index contributed by atoms with van der Waals surface area (Å²) in [6.45, 7) is 3.68. The molecule has 0 aromatic heterocycles. The molecule has 2 N–H and O–H groups in total. The van der Waals surface area contributed by atoms with Crippen molar-refractivity contribution >= 4 is 23.6 Å². The lowest BCUT2D eigenvalue weighted by Gasteiger charge is -2.12. The number of nitrogens with one attached hydrogen (secondary N) is 2. The van der Waals surface area contributed by atoms with E-state index in [0.717, 1.165) is 16.0 Å². The van der Waals surface area contributed by atoms with Gasteiger partial charge < -0.3 is 4.74 Å². The molecular weight excluding hydrogens is 324 g/mol. The van der Waals surface area contributed by atoms with Crippen molar-refractivity contribution < 1.29 is 14.3 Å². The van der Waals surface area contributed by atoms with Crippen LogP contribution in [-0.4, -0.2) is 24.2 Å². The number of carbonyl (C=O) groups excluding carboxylic acids is 2. The second-order valence-electron chi connectivity index (χ2n) is 5.21. The molecule has 0 aliphatic carbocycles. The molecule has 0 unspecified atom stereocenters. The fourth-order valence-electron chi connectivity index (χ4n) is 2.04. The minimum absolute atomic E-state index is 0.155. The van der Waals surface area contributed by atoms with Gasteiger partial charge in [-0.1, -0.05) is 36.4 Å². The number of aryl methyl sites for hydroxylation is 2. The Bertz CT molecular complexity index is 684. The maximum Gasteiger partial charge on any atom is 0.276 e. The molecule has 0 spiro atoms. The highest BCUT2D eigenvalue weighted by Gasteiger charge is 2.08. The van der Waals surface area contributed by atoms with Gasteiger partial charge >= 0.3 is 0 Å². The number of benzene rings is 2. The van der Waals surface area contributed by atoms with E-state index in [-0.39, 0.29) is 18.3 Å². The first kappa shape index (κ1) is 17.9. The highest BCUT2D eigenvalue weighted by Crippen LogP contribution is 2.22. The molecule has 6 heteroatoms. The number of hydrogen-bond donors (Lipinski definition) is 2. The standard InChI is InChI=1S/C18H20N2O3S/c1-13-7-6-8-14(2)18(13)23-11-16(21)19-20-17(22)12-24-15-9-4-3-5-10-15/h3-10H,11-12H2,1-2H3,(H,19,21)(H,20,22). The third kappa shape index (κ3) is 5.62. The Labute approximate surface area is 145 Å². The molecule has 2 aromatic carbocycles. The largest absolute Gasteiger partial charge is 0.483 e. The summed E-state index contributed by atoms with van der Waals surface area (Å²) in [5, 5.41) is 0. The van der Waals surface area contributed by atoms with E-state index in [2.05, 4.69) is 10.9 Å². The van der Waals surface area contributed by atoms with Crippen molar-refractivity contribution in [1.82, 2.24) is 10.9 Å². The van der Waals surface area contributed by atoms with E-state index in [4.69, 9.17) is 4.74 Å². The number of para-hydroxylation sites is 1. The van der Waals surface area contributed by atoms with E-state index >= 15 is 0 Å². The lowest BCUT2D eigenvalue weighted by molar-refractivity contribution is -0.128. The zero-order valence-electron chi connectivity index (χ0n) is 13.7. The quantitative estimate of drug-likeness (QED) is 0.624. The molecule has 0 aliphatic rings. The highest BCUT2D eigenvalue weighted by atomic mass is 32.2. The Morgan fingerprint density at radius 1 is 0.917 bits per heavy atom. The third-order valence-electron chi connectivity index (χ3n) is 3.21. The van der Waals surface area contributed by atoms with E-state index in [9.17, 15) is 9.59 Å². The monoisotopic (exact) mass is 344 g/mol. The molecule has 0 fully saturated rings. The Morgan fingerprint density at radius 3 is 2.21 bits per heavy atom. The van der Waals surface area contributed by atoms with Crippen molar-refractivity contribution in [1.29, 1.82) is 0 Å². The fraction of sp³-hybridized carbons (Fsp3) is 0.222. The topological polar surface area (TPSA) is 67.4 Å². The van der Waals surface area contributed by atoms with Gasteiger partial charge in [0.1, 0.15) is 5.75 Å². The number of thioether (sulfide) groups is 1. The van der Waals surface area contributed by atoms with Crippen LogP contribution in [0, 0.1) is 13.8 Å². The Morgan fingerprint density at radius 2 is 1.54 bits per heavy atom. The lowest BCUT2D eigenvalue weighted by Crippen LogP contribution is -2.44. The normalized spacial score (nSPS) is 10.1. The SMILES string of the molecule is Cc1cccc(C)c1OCC(=O)NNC(=O)CSc1ccccc1. The Balaban J connectivity index is 1.70. The molecule has 0 atom stereocenters. The molecule has 2 rings (SSSR count). The number of rotatable bonds is 6. The average molecular weight is 344 g/mol. The van der Waals surface area contributed by atoms with E-state index in [1.54, 1.807) is 0 Å². The summed E-state index contributed by atoms with van der Waals surface area (Å²) in [7, 11) is 0. The average Bonchev–Trinajstić information content (AvgIpc) is 2.58. The van der Waals surface area contributed by atoms with E-state index < -0.39 is 5.91 Å². The van der Waals surface area contributed by atoms with Crippen molar-refractivity contribution in [2.45, 2.75) is 18.7 Å².